The molecule has 2 unspecified atom stereocenters. The highest BCUT2D eigenvalue weighted by Crippen LogP contribution is 2.24. The maximum atomic E-state index is 13.5. The fourth-order valence-corrected chi connectivity index (χ4v) is 4.47. The van der Waals surface area contributed by atoms with E-state index in [9.17, 15) is 17.9 Å². The molecular weight excluding hydrogens is 269 g/mol. The molecule has 2 N–H and O–H groups in total. The van der Waals surface area contributed by atoms with Gasteiger partial charge in [0.15, 0.2) is 9.84 Å². The van der Waals surface area contributed by atoms with Gasteiger partial charge in [-0.15, -0.1) is 0 Å². The monoisotopic (exact) mass is 287 g/mol. The lowest BCUT2D eigenvalue weighted by Crippen LogP contribution is -2.45. The van der Waals surface area contributed by atoms with Crippen LogP contribution in [0.3, 0.4) is 0 Å². The van der Waals surface area contributed by atoms with Crippen molar-refractivity contribution in [3.63, 3.8) is 0 Å². The van der Waals surface area contributed by atoms with Gasteiger partial charge in [-0.1, -0.05) is 18.2 Å². The molecule has 0 saturated carbocycles. The van der Waals surface area contributed by atoms with Gasteiger partial charge < -0.3 is 10.4 Å². The zero-order valence-corrected chi connectivity index (χ0v) is 11.6. The van der Waals surface area contributed by atoms with E-state index in [1.165, 1.54) is 12.1 Å². The molecule has 1 saturated heterocycles. The number of aliphatic hydroxyl groups excluding tert-OH is 1. The third kappa shape index (κ3) is 3.52. The Morgan fingerprint density at radius 2 is 2.16 bits per heavy atom. The predicted octanol–water partition coefficient (Wildman–Crippen LogP) is 1.03. The Bertz CT molecular complexity index is 561. The lowest BCUT2D eigenvalue weighted by atomic mass is 10.0. The number of β-amino-alcohol motifs (C(OH)–C–C–N with tert-alkyl or cyclic N) is 1. The fourth-order valence-electron chi connectivity index (χ4n) is 2.35. The minimum atomic E-state index is -2.99. The molecule has 19 heavy (non-hydrogen) atoms. The van der Waals surface area contributed by atoms with Gasteiger partial charge in [-0.25, -0.2) is 12.8 Å². The lowest BCUT2D eigenvalue weighted by Gasteiger charge is -2.26. The Hall–Kier alpha value is -0.980. The van der Waals surface area contributed by atoms with Gasteiger partial charge in [0.2, 0.25) is 0 Å². The van der Waals surface area contributed by atoms with Crippen molar-refractivity contribution in [2.75, 3.05) is 18.1 Å². The van der Waals surface area contributed by atoms with Gasteiger partial charge in [0.1, 0.15) is 5.82 Å². The maximum Gasteiger partial charge on any atom is 0.152 e. The molecule has 2 rings (SSSR count). The number of hydrogen-bond acceptors (Lipinski definition) is 4. The Kier molecular flexibility index (Phi) is 3.94. The smallest absolute Gasteiger partial charge is 0.152 e. The van der Waals surface area contributed by atoms with Crippen LogP contribution in [0.1, 0.15) is 25.0 Å². The van der Waals surface area contributed by atoms with E-state index in [1.807, 2.05) is 6.92 Å². The first kappa shape index (κ1) is 14.4. The quantitative estimate of drug-likeness (QED) is 0.868. The summed E-state index contributed by atoms with van der Waals surface area (Å²) in [6, 6.07) is 6.03. The zero-order chi connectivity index (χ0) is 14.1. The van der Waals surface area contributed by atoms with E-state index in [4.69, 9.17) is 0 Å². The number of aliphatic hydroxyl groups is 1. The number of rotatable bonds is 4. The van der Waals surface area contributed by atoms with E-state index in [-0.39, 0.29) is 23.6 Å². The summed E-state index contributed by atoms with van der Waals surface area (Å²) in [7, 11) is -2.99. The topological polar surface area (TPSA) is 66.4 Å². The van der Waals surface area contributed by atoms with Gasteiger partial charge in [-0.3, -0.25) is 0 Å². The van der Waals surface area contributed by atoms with Crippen LogP contribution in [0.15, 0.2) is 24.3 Å². The van der Waals surface area contributed by atoms with Gasteiger partial charge in [0.05, 0.1) is 17.6 Å². The third-order valence-corrected chi connectivity index (χ3v) is 5.39. The van der Waals surface area contributed by atoms with Crippen LogP contribution in [0.2, 0.25) is 0 Å². The molecule has 6 heteroatoms. The molecule has 1 aromatic carbocycles. The van der Waals surface area contributed by atoms with Crippen LogP contribution in [-0.4, -0.2) is 37.1 Å². The largest absolute Gasteiger partial charge is 0.387 e. The van der Waals surface area contributed by atoms with Gasteiger partial charge in [-0.2, -0.15) is 0 Å². The Morgan fingerprint density at radius 3 is 2.74 bits per heavy atom. The first-order valence-electron chi connectivity index (χ1n) is 6.19. The molecule has 0 amide bonds. The second kappa shape index (κ2) is 5.19. The summed E-state index contributed by atoms with van der Waals surface area (Å²) in [6.07, 6.45) is -0.472. The molecule has 0 spiro atoms. The van der Waals surface area contributed by atoms with Crippen molar-refractivity contribution >= 4 is 9.84 Å². The number of hydrogen-bond donors (Lipinski definition) is 2. The zero-order valence-electron chi connectivity index (χ0n) is 10.8. The summed E-state index contributed by atoms with van der Waals surface area (Å²) in [4.78, 5) is 0. The van der Waals surface area contributed by atoms with E-state index in [1.54, 1.807) is 12.1 Å². The van der Waals surface area contributed by atoms with Crippen molar-refractivity contribution in [1.82, 2.24) is 5.32 Å². The minimum absolute atomic E-state index is 0.0595. The number of halogens is 1. The molecule has 4 nitrogen and oxygen atoms in total. The van der Waals surface area contributed by atoms with Crippen LogP contribution >= 0.6 is 0 Å². The van der Waals surface area contributed by atoms with Crippen LogP contribution in [-0.2, 0) is 9.84 Å². The second-order valence-corrected chi connectivity index (χ2v) is 7.50. The molecular formula is C13H18FNO3S. The summed E-state index contributed by atoms with van der Waals surface area (Å²) in [5, 5.41) is 13.0. The van der Waals surface area contributed by atoms with Crippen LogP contribution < -0.4 is 5.32 Å². The molecule has 1 aromatic rings. The van der Waals surface area contributed by atoms with Crippen molar-refractivity contribution in [2.24, 2.45) is 0 Å². The highest BCUT2D eigenvalue weighted by molar-refractivity contribution is 7.91. The Morgan fingerprint density at radius 1 is 1.47 bits per heavy atom. The van der Waals surface area contributed by atoms with Crippen molar-refractivity contribution in [2.45, 2.75) is 25.0 Å². The molecule has 1 aliphatic heterocycles. The summed E-state index contributed by atoms with van der Waals surface area (Å²) in [5.74, 6) is -0.239. The van der Waals surface area contributed by atoms with E-state index in [2.05, 4.69) is 5.32 Å². The molecule has 0 radical (unpaired) electrons. The highest BCUT2D eigenvalue weighted by Gasteiger charge is 2.38. The maximum absolute atomic E-state index is 13.5. The van der Waals surface area contributed by atoms with Gasteiger partial charge >= 0.3 is 0 Å². The van der Waals surface area contributed by atoms with Gasteiger partial charge in [-0.05, 0) is 19.4 Å². The Balaban J connectivity index is 1.98. The molecule has 2 atom stereocenters. The summed E-state index contributed by atoms with van der Waals surface area (Å²) in [5.41, 5.74) is -0.315. The van der Waals surface area contributed by atoms with Crippen LogP contribution in [0.4, 0.5) is 4.39 Å². The first-order valence-corrected chi connectivity index (χ1v) is 8.01. The molecule has 1 heterocycles. The average molecular weight is 287 g/mol. The molecule has 106 valence electrons. The first-order chi connectivity index (χ1) is 8.81. The Labute approximate surface area is 112 Å². The van der Waals surface area contributed by atoms with Crippen LogP contribution in [0.5, 0.6) is 0 Å². The summed E-state index contributed by atoms with van der Waals surface area (Å²) in [6.45, 7) is 1.94. The van der Waals surface area contributed by atoms with Crippen molar-refractivity contribution < 1.29 is 17.9 Å². The van der Waals surface area contributed by atoms with Gasteiger partial charge in [0, 0.05) is 17.6 Å². The van der Waals surface area contributed by atoms with Crippen LogP contribution in [0, 0.1) is 5.82 Å². The van der Waals surface area contributed by atoms with E-state index in [0.29, 0.717) is 6.42 Å². The molecule has 1 aliphatic rings. The molecule has 0 bridgehead atoms. The number of nitrogens with one attached hydrogen (secondary N) is 1. The van der Waals surface area contributed by atoms with Crippen molar-refractivity contribution in [1.29, 1.82) is 0 Å². The van der Waals surface area contributed by atoms with E-state index < -0.39 is 27.3 Å². The standard InChI is InChI=1S/C13H18FNO3S/c1-13(6-7-19(17,18)9-13)15-8-12(16)10-4-2-3-5-11(10)14/h2-5,12,15-16H,6-9H2,1H3. The number of benzene rings is 1. The summed E-state index contributed by atoms with van der Waals surface area (Å²) < 4.78 is 36.4. The summed E-state index contributed by atoms with van der Waals surface area (Å²) >= 11 is 0. The highest BCUT2D eigenvalue weighted by atomic mass is 32.2. The van der Waals surface area contributed by atoms with Crippen molar-refractivity contribution in [3.05, 3.63) is 35.6 Å². The molecule has 1 fully saturated rings. The SMILES string of the molecule is CC1(NCC(O)c2ccccc2F)CCS(=O)(=O)C1. The fraction of sp³-hybridized carbons (Fsp3) is 0.538. The predicted molar refractivity (Wildman–Crippen MR) is 71.0 cm³/mol. The third-order valence-electron chi connectivity index (χ3n) is 3.49. The normalized spacial score (nSPS) is 27.3. The molecule has 0 aromatic heterocycles. The molecule has 0 aliphatic carbocycles. The van der Waals surface area contributed by atoms with Crippen molar-refractivity contribution in [3.8, 4) is 0 Å². The minimum Gasteiger partial charge on any atom is -0.387 e. The van der Waals surface area contributed by atoms with Crippen LogP contribution in [0.25, 0.3) is 0 Å². The second-order valence-electron chi connectivity index (χ2n) is 5.32. The van der Waals surface area contributed by atoms with E-state index >= 15 is 0 Å². The lowest BCUT2D eigenvalue weighted by molar-refractivity contribution is 0.157. The van der Waals surface area contributed by atoms with E-state index in [0.717, 1.165) is 0 Å². The number of sulfone groups is 1. The average Bonchev–Trinajstić information content (AvgIpc) is 2.62. The van der Waals surface area contributed by atoms with Gasteiger partial charge in [0.25, 0.3) is 0 Å².